The fraction of sp³-hybridized carbons (Fsp3) is 0.545. The van der Waals surface area contributed by atoms with Crippen molar-refractivity contribution in [2.24, 2.45) is 0 Å². The minimum absolute atomic E-state index is 0.448. The van der Waals surface area contributed by atoms with Gasteiger partial charge in [0.25, 0.3) is 0 Å². The van der Waals surface area contributed by atoms with E-state index in [1.54, 1.807) is 13.3 Å². The van der Waals surface area contributed by atoms with Crippen LogP contribution in [0.1, 0.15) is 25.8 Å². The van der Waals surface area contributed by atoms with Crippen molar-refractivity contribution in [1.82, 2.24) is 4.98 Å². The highest BCUT2D eigenvalue weighted by Gasteiger charge is 2.17. The summed E-state index contributed by atoms with van der Waals surface area (Å²) in [5.74, 6) is 0.685. The minimum Gasteiger partial charge on any atom is -0.495 e. The third-order valence-corrected chi connectivity index (χ3v) is 1.88. The zero-order valence-corrected chi connectivity index (χ0v) is 9.40. The van der Waals surface area contributed by atoms with Crippen molar-refractivity contribution < 1.29 is 14.2 Å². The van der Waals surface area contributed by atoms with Crippen molar-refractivity contribution in [2.75, 3.05) is 20.3 Å². The van der Waals surface area contributed by atoms with Gasteiger partial charge in [-0.25, -0.2) is 0 Å². The average molecular weight is 211 g/mol. The van der Waals surface area contributed by atoms with E-state index in [2.05, 4.69) is 4.98 Å². The highest BCUT2D eigenvalue weighted by atomic mass is 16.7. The summed E-state index contributed by atoms with van der Waals surface area (Å²) in [6.45, 7) is 4.98. The molecular formula is C11H17NO3. The van der Waals surface area contributed by atoms with Crippen LogP contribution >= 0.6 is 0 Å². The molecule has 0 saturated carbocycles. The molecule has 0 bridgehead atoms. The highest BCUT2D eigenvalue weighted by Crippen LogP contribution is 2.25. The second-order valence-corrected chi connectivity index (χ2v) is 2.83. The van der Waals surface area contributed by atoms with E-state index in [1.165, 1.54) is 0 Å². The maximum absolute atomic E-state index is 5.45. The lowest BCUT2D eigenvalue weighted by atomic mass is 10.3. The molecule has 84 valence electrons. The van der Waals surface area contributed by atoms with E-state index in [-0.39, 0.29) is 0 Å². The Morgan fingerprint density at radius 3 is 2.47 bits per heavy atom. The van der Waals surface area contributed by atoms with Gasteiger partial charge in [0, 0.05) is 19.4 Å². The van der Waals surface area contributed by atoms with Crippen molar-refractivity contribution in [3.8, 4) is 5.75 Å². The van der Waals surface area contributed by atoms with E-state index < -0.39 is 6.29 Å². The molecule has 0 aliphatic rings. The van der Waals surface area contributed by atoms with E-state index in [4.69, 9.17) is 14.2 Å². The summed E-state index contributed by atoms with van der Waals surface area (Å²) in [4.78, 5) is 4.21. The molecule has 0 amide bonds. The number of aromatic nitrogens is 1. The molecule has 0 spiro atoms. The summed E-state index contributed by atoms with van der Waals surface area (Å²) in [7, 11) is 1.61. The van der Waals surface area contributed by atoms with Gasteiger partial charge in [0.05, 0.1) is 7.11 Å². The smallest absolute Gasteiger partial charge is 0.204 e. The molecule has 0 aromatic carbocycles. The third kappa shape index (κ3) is 3.18. The Labute approximate surface area is 90.2 Å². The van der Waals surface area contributed by atoms with Crippen molar-refractivity contribution >= 4 is 0 Å². The molecule has 0 atom stereocenters. The monoisotopic (exact) mass is 211 g/mol. The Morgan fingerprint density at radius 2 is 1.93 bits per heavy atom. The van der Waals surface area contributed by atoms with Gasteiger partial charge in [-0.15, -0.1) is 0 Å². The molecule has 0 aliphatic carbocycles. The summed E-state index contributed by atoms with van der Waals surface area (Å²) < 4.78 is 16.1. The number of hydrogen-bond donors (Lipinski definition) is 0. The van der Waals surface area contributed by atoms with Gasteiger partial charge < -0.3 is 14.2 Å². The Morgan fingerprint density at radius 1 is 1.27 bits per heavy atom. The first-order valence-corrected chi connectivity index (χ1v) is 5.05. The Hall–Kier alpha value is -1.13. The lowest BCUT2D eigenvalue weighted by Gasteiger charge is -2.18. The molecule has 1 rings (SSSR count). The number of rotatable bonds is 6. The molecule has 0 radical (unpaired) electrons. The predicted molar refractivity (Wildman–Crippen MR) is 56.8 cm³/mol. The van der Waals surface area contributed by atoms with Crippen molar-refractivity contribution in [3.05, 3.63) is 24.0 Å². The van der Waals surface area contributed by atoms with E-state index in [1.807, 2.05) is 26.0 Å². The van der Waals surface area contributed by atoms with Gasteiger partial charge >= 0.3 is 0 Å². The summed E-state index contributed by atoms with van der Waals surface area (Å²) in [6, 6.07) is 3.66. The van der Waals surface area contributed by atoms with Crippen LogP contribution in [0.25, 0.3) is 0 Å². The largest absolute Gasteiger partial charge is 0.495 e. The molecular weight excluding hydrogens is 194 g/mol. The van der Waals surface area contributed by atoms with Crippen molar-refractivity contribution in [2.45, 2.75) is 20.1 Å². The molecule has 1 aromatic rings. The van der Waals surface area contributed by atoms with E-state index in [0.29, 0.717) is 24.7 Å². The molecule has 15 heavy (non-hydrogen) atoms. The predicted octanol–water partition coefficient (Wildman–Crippen LogP) is 2.16. The normalized spacial score (nSPS) is 10.7. The lowest BCUT2D eigenvalue weighted by Crippen LogP contribution is -2.11. The van der Waals surface area contributed by atoms with Crippen LogP contribution in [0, 0.1) is 0 Å². The van der Waals surface area contributed by atoms with Crippen LogP contribution in [-0.2, 0) is 9.47 Å². The molecule has 0 N–H and O–H groups in total. The Kier molecular flexibility index (Phi) is 5.07. The van der Waals surface area contributed by atoms with Crippen LogP contribution < -0.4 is 4.74 Å². The molecule has 4 heteroatoms. The van der Waals surface area contributed by atoms with Gasteiger partial charge in [-0.2, -0.15) is 0 Å². The second-order valence-electron chi connectivity index (χ2n) is 2.83. The van der Waals surface area contributed by atoms with Crippen LogP contribution in [0.2, 0.25) is 0 Å². The molecule has 4 nitrogen and oxygen atoms in total. The zero-order valence-electron chi connectivity index (χ0n) is 9.40. The fourth-order valence-electron chi connectivity index (χ4n) is 1.26. The summed E-state index contributed by atoms with van der Waals surface area (Å²) in [5.41, 5.74) is 0.684. The van der Waals surface area contributed by atoms with E-state index in [0.717, 1.165) is 0 Å². The Balaban J connectivity index is 2.88. The zero-order chi connectivity index (χ0) is 11.1. The first kappa shape index (κ1) is 11.9. The van der Waals surface area contributed by atoms with E-state index in [9.17, 15) is 0 Å². The van der Waals surface area contributed by atoms with Gasteiger partial charge in [-0.1, -0.05) is 0 Å². The summed E-state index contributed by atoms with van der Waals surface area (Å²) in [6.07, 6.45) is 1.25. The molecule has 0 saturated heterocycles. The van der Waals surface area contributed by atoms with Crippen LogP contribution in [0.3, 0.4) is 0 Å². The first-order valence-electron chi connectivity index (χ1n) is 5.05. The molecule has 1 aromatic heterocycles. The van der Waals surface area contributed by atoms with E-state index >= 15 is 0 Å². The van der Waals surface area contributed by atoms with Crippen LogP contribution in [0.5, 0.6) is 5.75 Å². The molecule has 0 aliphatic heterocycles. The quantitative estimate of drug-likeness (QED) is 0.676. The fourth-order valence-corrected chi connectivity index (χ4v) is 1.26. The Bertz CT molecular complexity index is 285. The molecule has 0 fully saturated rings. The summed E-state index contributed by atoms with van der Waals surface area (Å²) >= 11 is 0. The van der Waals surface area contributed by atoms with Gasteiger partial charge in [0.2, 0.25) is 6.29 Å². The maximum Gasteiger partial charge on any atom is 0.204 e. The van der Waals surface area contributed by atoms with Crippen LogP contribution in [0.4, 0.5) is 0 Å². The van der Waals surface area contributed by atoms with Gasteiger partial charge in [0.1, 0.15) is 11.4 Å². The third-order valence-electron chi connectivity index (χ3n) is 1.88. The SMILES string of the molecule is CCOC(OCC)c1ncccc1OC. The lowest BCUT2D eigenvalue weighted by molar-refractivity contribution is -0.143. The standard InChI is InChI=1S/C11H17NO3/c1-4-14-11(15-5-2)10-9(13-3)7-6-8-12-10/h6-8,11H,4-5H2,1-3H3. The average Bonchev–Trinajstić information content (AvgIpc) is 2.29. The highest BCUT2D eigenvalue weighted by molar-refractivity contribution is 5.27. The number of hydrogen-bond acceptors (Lipinski definition) is 4. The number of pyridine rings is 1. The molecule has 0 unspecified atom stereocenters. The topological polar surface area (TPSA) is 40.6 Å². The molecule has 1 heterocycles. The van der Waals surface area contributed by atoms with Gasteiger partial charge in [-0.05, 0) is 26.0 Å². The number of ether oxygens (including phenoxy) is 3. The van der Waals surface area contributed by atoms with Gasteiger partial charge in [-0.3, -0.25) is 4.98 Å². The number of nitrogens with zero attached hydrogens (tertiary/aromatic N) is 1. The van der Waals surface area contributed by atoms with Crippen LogP contribution in [-0.4, -0.2) is 25.3 Å². The van der Waals surface area contributed by atoms with Crippen molar-refractivity contribution in [3.63, 3.8) is 0 Å². The van der Waals surface area contributed by atoms with Gasteiger partial charge in [0.15, 0.2) is 0 Å². The minimum atomic E-state index is -0.448. The van der Waals surface area contributed by atoms with Crippen LogP contribution in [0.15, 0.2) is 18.3 Å². The summed E-state index contributed by atoms with van der Waals surface area (Å²) in [5, 5.41) is 0. The maximum atomic E-state index is 5.45. The number of methoxy groups -OCH3 is 1. The second kappa shape index (κ2) is 6.37. The van der Waals surface area contributed by atoms with Crippen molar-refractivity contribution in [1.29, 1.82) is 0 Å². The first-order chi connectivity index (χ1) is 7.33.